The van der Waals surface area contributed by atoms with Crippen LogP contribution in [0.4, 0.5) is 0 Å². The first-order valence-electron chi connectivity index (χ1n) is 4.79. The van der Waals surface area contributed by atoms with Crippen LogP contribution in [-0.2, 0) is 0 Å². The van der Waals surface area contributed by atoms with E-state index in [0.29, 0.717) is 12.4 Å². The maximum Gasteiger partial charge on any atom is 0.211 e. The normalized spacial score (nSPS) is 11.1. The average Bonchev–Trinajstić information content (AvgIpc) is 2.59. The Labute approximate surface area is 87.9 Å². The van der Waals surface area contributed by atoms with E-state index >= 15 is 0 Å². The van der Waals surface area contributed by atoms with Crippen LogP contribution in [0.5, 0.6) is 0 Å². The molecule has 0 radical (unpaired) electrons. The molecule has 1 aromatic carbocycles. The lowest BCUT2D eigenvalue weighted by atomic mass is 10.3. The van der Waals surface area contributed by atoms with E-state index in [4.69, 9.17) is 0 Å². The van der Waals surface area contributed by atoms with Gasteiger partial charge >= 0.3 is 0 Å². The maximum absolute atomic E-state index is 11.7. The molecule has 78 valence electrons. The van der Waals surface area contributed by atoms with Crippen LogP contribution >= 0.6 is 0 Å². The highest BCUT2D eigenvalue weighted by molar-refractivity contribution is 5.97. The number of rotatable bonds is 3. The Morgan fingerprint density at radius 1 is 1.40 bits per heavy atom. The number of para-hydroxylation sites is 2. The van der Waals surface area contributed by atoms with E-state index in [2.05, 4.69) is 9.97 Å². The molecule has 4 nitrogen and oxygen atoms in total. The van der Waals surface area contributed by atoms with Crippen molar-refractivity contribution in [2.75, 3.05) is 20.6 Å². The van der Waals surface area contributed by atoms with Crippen molar-refractivity contribution in [3.05, 3.63) is 30.1 Å². The van der Waals surface area contributed by atoms with Gasteiger partial charge < -0.3 is 9.88 Å². The first kappa shape index (κ1) is 9.86. The smallest absolute Gasteiger partial charge is 0.211 e. The molecule has 2 rings (SSSR count). The number of carbonyl (C=O) groups excluding carboxylic acids is 1. The Kier molecular flexibility index (Phi) is 2.51. The lowest BCUT2D eigenvalue weighted by molar-refractivity contribution is 0.0949. The second-order valence-electron chi connectivity index (χ2n) is 3.76. The molecule has 0 atom stereocenters. The lowest BCUT2D eigenvalue weighted by Crippen LogP contribution is -2.22. The topological polar surface area (TPSA) is 49.0 Å². The zero-order valence-corrected chi connectivity index (χ0v) is 8.82. The highest BCUT2D eigenvalue weighted by Crippen LogP contribution is 2.10. The van der Waals surface area contributed by atoms with Gasteiger partial charge in [0.25, 0.3) is 0 Å². The van der Waals surface area contributed by atoms with Gasteiger partial charge in [0.05, 0.1) is 17.6 Å². The number of carbonyl (C=O) groups is 1. The molecule has 0 spiro atoms. The van der Waals surface area contributed by atoms with E-state index in [1.165, 1.54) is 0 Å². The van der Waals surface area contributed by atoms with Gasteiger partial charge in [0, 0.05) is 0 Å². The number of aromatic amines is 1. The monoisotopic (exact) mass is 203 g/mol. The number of benzene rings is 1. The summed E-state index contributed by atoms with van der Waals surface area (Å²) in [6.07, 6.45) is 0. The third kappa shape index (κ3) is 2.05. The zero-order valence-electron chi connectivity index (χ0n) is 8.82. The van der Waals surface area contributed by atoms with Gasteiger partial charge in [0.1, 0.15) is 0 Å². The van der Waals surface area contributed by atoms with Gasteiger partial charge in [-0.2, -0.15) is 0 Å². The molecule has 0 saturated heterocycles. The third-order valence-corrected chi connectivity index (χ3v) is 2.11. The molecule has 0 aliphatic carbocycles. The second-order valence-corrected chi connectivity index (χ2v) is 3.76. The molecule has 15 heavy (non-hydrogen) atoms. The first-order valence-corrected chi connectivity index (χ1v) is 4.79. The number of nitrogens with one attached hydrogen (secondary N) is 1. The number of imidazole rings is 1. The minimum atomic E-state index is 0.0104. The van der Waals surface area contributed by atoms with Crippen LogP contribution in [0.15, 0.2) is 24.3 Å². The van der Waals surface area contributed by atoms with E-state index in [1.807, 2.05) is 43.3 Å². The molecule has 0 saturated carbocycles. The fourth-order valence-electron chi connectivity index (χ4n) is 1.45. The van der Waals surface area contributed by atoms with Gasteiger partial charge in [-0.05, 0) is 26.2 Å². The summed E-state index contributed by atoms with van der Waals surface area (Å²) in [5.74, 6) is 0.445. The van der Waals surface area contributed by atoms with E-state index in [-0.39, 0.29) is 5.78 Å². The van der Waals surface area contributed by atoms with Crippen molar-refractivity contribution in [2.24, 2.45) is 0 Å². The number of likely N-dealkylation sites (N-methyl/N-ethyl adjacent to an activating group) is 1. The quantitative estimate of drug-likeness (QED) is 0.765. The van der Waals surface area contributed by atoms with Crippen molar-refractivity contribution in [1.82, 2.24) is 14.9 Å². The highest BCUT2D eigenvalue weighted by Gasteiger charge is 2.11. The standard InChI is InChI=1S/C11H13N3O/c1-14(2)7-10(15)11-12-8-5-3-4-6-9(8)13-11/h3-6H,7H2,1-2H3,(H,12,13). The van der Waals surface area contributed by atoms with Crippen molar-refractivity contribution in [3.63, 3.8) is 0 Å². The molecule has 4 heteroatoms. The van der Waals surface area contributed by atoms with E-state index in [1.54, 1.807) is 0 Å². The largest absolute Gasteiger partial charge is 0.335 e. The number of ketones is 1. The van der Waals surface area contributed by atoms with E-state index in [9.17, 15) is 4.79 Å². The van der Waals surface area contributed by atoms with E-state index in [0.717, 1.165) is 11.0 Å². The minimum Gasteiger partial charge on any atom is -0.335 e. The molecular weight excluding hydrogens is 190 g/mol. The zero-order chi connectivity index (χ0) is 10.8. The molecule has 0 aliphatic heterocycles. The highest BCUT2D eigenvalue weighted by atomic mass is 16.1. The summed E-state index contributed by atoms with van der Waals surface area (Å²) in [6.45, 7) is 0.375. The van der Waals surface area contributed by atoms with Crippen LogP contribution in [0.25, 0.3) is 11.0 Å². The summed E-state index contributed by atoms with van der Waals surface area (Å²) in [6, 6.07) is 7.62. The molecule has 1 heterocycles. The second kappa shape index (κ2) is 3.82. The van der Waals surface area contributed by atoms with Gasteiger partial charge in [-0.25, -0.2) is 4.98 Å². The molecule has 0 fully saturated rings. The third-order valence-electron chi connectivity index (χ3n) is 2.11. The van der Waals surface area contributed by atoms with Crippen LogP contribution in [0, 0.1) is 0 Å². The molecule has 0 aliphatic rings. The number of hydrogen-bond acceptors (Lipinski definition) is 3. The first-order chi connectivity index (χ1) is 7.16. The lowest BCUT2D eigenvalue weighted by Gasteiger charge is -2.05. The molecule has 0 bridgehead atoms. The summed E-state index contributed by atoms with van der Waals surface area (Å²) in [5.41, 5.74) is 1.74. The molecule has 0 unspecified atom stereocenters. The Balaban J connectivity index is 2.32. The van der Waals surface area contributed by atoms with Crippen molar-refractivity contribution in [1.29, 1.82) is 0 Å². The van der Waals surface area contributed by atoms with Crippen molar-refractivity contribution < 1.29 is 4.79 Å². The molecule has 2 aromatic rings. The number of nitrogens with zero attached hydrogens (tertiary/aromatic N) is 2. The van der Waals surface area contributed by atoms with Crippen LogP contribution in [0.2, 0.25) is 0 Å². The van der Waals surface area contributed by atoms with Crippen molar-refractivity contribution in [2.45, 2.75) is 0 Å². The Hall–Kier alpha value is -1.68. The Morgan fingerprint density at radius 2 is 2.13 bits per heavy atom. The summed E-state index contributed by atoms with van der Waals surface area (Å²) in [4.78, 5) is 20.8. The minimum absolute atomic E-state index is 0.0104. The molecular formula is C11H13N3O. The Bertz CT molecular complexity index is 454. The fourth-order valence-corrected chi connectivity index (χ4v) is 1.45. The average molecular weight is 203 g/mol. The number of H-pyrrole nitrogens is 1. The summed E-state index contributed by atoms with van der Waals surface area (Å²) >= 11 is 0. The van der Waals surface area contributed by atoms with Gasteiger partial charge in [-0.1, -0.05) is 12.1 Å². The van der Waals surface area contributed by atoms with Crippen LogP contribution in [0.1, 0.15) is 10.6 Å². The van der Waals surface area contributed by atoms with Crippen LogP contribution in [-0.4, -0.2) is 41.3 Å². The number of fused-ring (bicyclic) bond motifs is 1. The van der Waals surface area contributed by atoms with Crippen molar-refractivity contribution in [3.8, 4) is 0 Å². The summed E-state index contributed by atoms with van der Waals surface area (Å²) < 4.78 is 0. The predicted molar refractivity (Wildman–Crippen MR) is 59.0 cm³/mol. The van der Waals surface area contributed by atoms with Crippen molar-refractivity contribution >= 4 is 16.8 Å². The predicted octanol–water partition coefficient (Wildman–Crippen LogP) is 1.31. The molecule has 1 N–H and O–H groups in total. The Morgan fingerprint density at radius 3 is 2.80 bits per heavy atom. The SMILES string of the molecule is CN(C)CC(=O)c1nc2ccccc2[nH]1. The summed E-state index contributed by atoms with van der Waals surface area (Å²) in [7, 11) is 3.72. The van der Waals surface area contributed by atoms with Crippen LogP contribution in [0.3, 0.4) is 0 Å². The fraction of sp³-hybridized carbons (Fsp3) is 0.273. The number of Topliss-reactive ketones (excluding diaryl/α,β-unsaturated/α-hetero) is 1. The summed E-state index contributed by atoms with van der Waals surface area (Å²) in [5, 5.41) is 0. The number of aromatic nitrogens is 2. The number of hydrogen-bond donors (Lipinski definition) is 1. The molecule has 0 amide bonds. The van der Waals surface area contributed by atoms with Crippen LogP contribution < -0.4 is 0 Å². The van der Waals surface area contributed by atoms with Gasteiger partial charge in [0.15, 0.2) is 5.82 Å². The van der Waals surface area contributed by atoms with E-state index < -0.39 is 0 Å². The van der Waals surface area contributed by atoms with Gasteiger partial charge in [-0.3, -0.25) is 4.79 Å². The molecule has 1 aromatic heterocycles. The maximum atomic E-state index is 11.7. The van der Waals surface area contributed by atoms with Gasteiger partial charge in [0.2, 0.25) is 5.78 Å². The van der Waals surface area contributed by atoms with Gasteiger partial charge in [-0.15, -0.1) is 0 Å².